The minimum absolute atomic E-state index is 0.575. The third-order valence-corrected chi connectivity index (χ3v) is 2.91. The molecule has 0 aliphatic heterocycles. The van der Waals surface area contributed by atoms with Crippen molar-refractivity contribution in [2.75, 3.05) is 0 Å². The average Bonchev–Trinajstić information content (AvgIpc) is 2.46. The van der Waals surface area contributed by atoms with E-state index in [1.165, 1.54) is 10.9 Å². The number of fused-ring (bicyclic) bond motifs is 1. The molecule has 0 aromatic heterocycles. The van der Waals surface area contributed by atoms with Gasteiger partial charge in [-0.05, 0) is 17.0 Å². The lowest BCUT2D eigenvalue weighted by molar-refractivity contribution is 0.309. The van der Waals surface area contributed by atoms with E-state index in [4.69, 9.17) is 4.74 Å². The Balaban J connectivity index is 1.87. The van der Waals surface area contributed by atoms with Crippen molar-refractivity contribution in [1.82, 2.24) is 0 Å². The lowest BCUT2D eigenvalue weighted by Gasteiger charge is -2.08. The van der Waals surface area contributed by atoms with E-state index in [1.807, 2.05) is 42.5 Å². The van der Waals surface area contributed by atoms with Crippen molar-refractivity contribution in [3.63, 3.8) is 0 Å². The molecule has 0 aliphatic rings. The van der Waals surface area contributed by atoms with Crippen molar-refractivity contribution in [1.29, 1.82) is 0 Å². The number of benzene rings is 3. The number of hydrogen-bond donors (Lipinski definition) is 0. The van der Waals surface area contributed by atoms with E-state index < -0.39 is 0 Å². The first-order chi connectivity index (χ1) is 8.93. The SMILES string of the molecule is [c]1ccc2ccccc2c1OCc1ccccc1. The highest BCUT2D eigenvalue weighted by Crippen LogP contribution is 2.25. The zero-order chi connectivity index (χ0) is 12.2. The van der Waals surface area contributed by atoms with E-state index >= 15 is 0 Å². The Morgan fingerprint density at radius 2 is 1.61 bits per heavy atom. The van der Waals surface area contributed by atoms with Gasteiger partial charge in [0, 0.05) is 11.5 Å². The second-order valence-electron chi connectivity index (χ2n) is 4.17. The number of rotatable bonds is 3. The van der Waals surface area contributed by atoms with Gasteiger partial charge in [-0.15, -0.1) is 0 Å². The first-order valence-corrected chi connectivity index (χ1v) is 6.00. The molecule has 0 fully saturated rings. The maximum absolute atomic E-state index is 5.85. The van der Waals surface area contributed by atoms with Crippen LogP contribution in [0.5, 0.6) is 5.75 Å². The molecule has 0 atom stereocenters. The molecule has 0 spiro atoms. The molecular formula is C17H13O. The van der Waals surface area contributed by atoms with Gasteiger partial charge in [0.1, 0.15) is 12.4 Å². The highest BCUT2D eigenvalue weighted by molar-refractivity contribution is 5.87. The van der Waals surface area contributed by atoms with Gasteiger partial charge >= 0.3 is 0 Å². The van der Waals surface area contributed by atoms with Gasteiger partial charge in [0.05, 0.1) is 0 Å². The predicted molar refractivity (Wildman–Crippen MR) is 73.6 cm³/mol. The second kappa shape index (κ2) is 4.92. The van der Waals surface area contributed by atoms with Gasteiger partial charge in [-0.25, -0.2) is 0 Å². The maximum Gasteiger partial charge on any atom is 0.135 e. The van der Waals surface area contributed by atoms with Crippen LogP contribution in [0.2, 0.25) is 0 Å². The molecule has 1 nitrogen and oxygen atoms in total. The van der Waals surface area contributed by atoms with E-state index in [0.717, 1.165) is 11.1 Å². The van der Waals surface area contributed by atoms with E-state index in [2.05, 4.69) is 30.3 Å². The molecule has 87 valence electrons. The lowest BCUT2D eigenvalue weighted by atomic mass is 10.1. The fourth-order valence-corrected chi connectivity index (χ4v) is 1.98. The first kappa shape index (κ1) is 10.8. The van der Waals surface area contributed by atoms with Crippen LogP contribution in [0.4, 0.5) is 0 Å². The molecule has 3 rings (SSSR count). The van der Waals surface area contributed by atoms with Gasteiger partial charge in [-0.2, -0.15) is 0 Å². The van der Waals surface area contributed by atoms with Crippen molar-refractivity contribution in [3.8, 4) is 5.75 Å². The highest BCUT2D eigenvalue weighted by Gasteiger charge is 2.01. The van der Waals surface area contributed by atoms with E-state index in [-0.39, 0.29) is 0 Å². The Bertz CT molecular complexity index is 639. The lowest BCUT2D eigenvalue weighted by Crippen LogP contribution is -1.95. The van der Waals surface area contributed by atoms with Crippen LogP contribution >= 0.6 is 0 Å². The molecule has 0 bridgehead atoms. The van der Waals surface area contributed by atoms with Crippen LogP contribution in [0.15, 0.2) is 66.7 Å². The summed E-state index contributed by atoms with van der Waals surface area (Å²) in [6.45, 7) is 0.575. The zero-order valence-corrected chi connectivity index (χ0v) is 9.97. The Morgan fingerprint density at radius 3 is 2.50 bits per heavy atom. The normalized spacial score (nSPS) is 10.4. The van der Waals surface area contributed by atoms with Gasteiger partial charge in [-0.1, -0.05) is 60.7 Å². The standard InChI is InChI=1S/C17H13O/c1-2-7-14(8-3-1)13-18-17-12-6-10-15-9-4-5-11-16(15)17/h1-11H,13H2. The Labute approximate surface area is 107 Å². The van der Waals surface area contributed by atoms with Crippen LogP contribution in [-0.2, 0) is 6.61 Å². The largest absolute Gasteiger partial charge is 0.488 e. The Kier molecular flexibility index (Phi) is 2.97. The van der Waals surface area contributed by atoms with Gasteiger partial charge in [-0.3, -0.25) is 0 Å². The third kappa shape index (κ3) is 2.21. The van der Waals surface area contributed by atoms with E-state index in [1.54, 1.807) is 0 Å². The van der Waals surface area contributed by atoms with Gasteiger partial charge in [0.15, 0.2) is 0 Å². The quantitative estimate of drug-likeness (QED) is 0.658. The molecule has 1 heteroatoms. The summed E-state index contributed by atoms with van der Waals surface area (Å²) in [4.78, 5) is 0. The maximum atomic E-state index is 5.85. The van der Waals surface area contributed by atoms with Crippen LogP contribution in [0, 0.1) is 6.07 Å². The third-order valence-electron chi connectivity index (χ3n) is 2.91. The molecule has 3 aromatic rings. The van der Waals surface area contributed by atoms with Gasteiger partial charge < -0.3 is 4.74 Å². The molecular weight excluding hydrogens is 220 g/mol. The Morgan fingerprint density at radius 1 is 0.833 bits per heavy atom. The van der Waals surface area contributed by atoms with Crippen LogP contribution in [0.25, 0.3) is 10.8 Å². The fourth-order valence-electron chi connectivity index (χ4n) is 1.98. The minimum Gasteiger partial charge on any atom is -0.488 e. The zero-order valence-electron chi connectivity index (χ0n) is 9.97. The van der Waals surface area contributed by atoms with Crippen molar-refractivity contribution >= 4 is 10.8 Å². The van der Waals surface area contributed by atoms with Gasteiger partial charge in [0.25, 0.3) is 0 Å². The Hall–Kier alpha value is -2.28. The van der Waals surface area contributed by atoms with E-state index in [9.17, 15) is 0 Å². The van der Waals surface area contributed by atoms with Crippen LogP contribution < -0.4 is 4.74 Å². The molecule has 0 N–H and O–H groups in total. The molecule has 3 aromatic carbocycles. The molecule has 1 radical (unpaired) electrons. The van der Waals surface area contributed by atoms with Crippen LogP contribution in [0.1, 0.15) is 5.56 Å². The summed E-state index contributed by atoms with van der Waals surface area (Å²) in [5.74, 6) is 0.817. The molecule has 0 saturated carbocycles. The van der Waals surface area contributed by atoms with Crippen molar-refractivity contribution in [3.05, 3.63) is 78.4 Å². The molecule has 0 amide bonds. The molecule has 0 heterocycles. The minimum atomic E-state index is 0.575. The number of ether oxygens (including phenoxy) is 1. The number of hydrogen-bond acceptors (Lipinski definition) is 1. The molecule has 0 saturated heterocycles. The van der Waals surface area contributed by atoms with E-state index in [0.29, 0.717) is 6.61 Å². The summed E-state index contributed by atoms with van der Waals surface area (Å²) >= 11 is 0. The van der Waals surface area contributed by atoms with Crippen molar-refractivity contribution in [2.24, 2.45) is 0 Å². The smallest absolute Gasteiger partial charge is 0.135 e. The van der Waals surface area contributed by atoms with Crippen LogP contribution in [0.3, 0.4) is 0 Å². The monoisotopic (exact) mass is 233 g/mol. The van der Waals surface area contributed by atoms with Crippen molar-refractivity contribution in [2.45, 2.75) is 6.61 Å². The van der Waals surface area contributed by atoms with Crippen LogP contribution in [-0.4, -0.2) is 0 Å². The highest BCUT2D eigenvalue weighted by atomic mass is 16.5. The molecule has 0 unspecified atom stereocenters. The summed E-state index contributed by atoms with van der Waals surface area (Å²) < 4.78 is 5.85. The molecule has 0 aliphatic carbocycles. The predicted octanol–water partition coefficient (Wildman–Crippen LogP) is 4.22. The van der Waals surface area contributed by atoms with Gasteiger partial charge in [0.2, 0.25) is 0 Å². The average molecular weight is 233 g/mol. The summed E-state index contributed by atoms with van der Waals surface area (Å²) in [6, 6.07) is 25.5. The topological polar surface area (TPSA) is 9.23 Å². The molecule has 18 heavy (non-hydrogen) atoms. The van der Waals surface area contributed by atoms with Crippen molar-refractivity contribution < 1.29 is 4.74 Å². The summed E-state index contributed by atoms with van der Waals surface area (Å²) in [6.07, 6.45) is 0. The fraction of sp³-hybridized carbons (Fsp3) is 0.0588. The summed E-state index contributed by atoms with van der Waals surface area (Å²) in [5.41, 5.74) is 1.17. The summed E-state index contributed by atoms with van der Waals surface area (Å²) in [5, 5.41) is 2.29. The summed E-state index contributed by atoms with van der Waals surface area (Å²) in [7, 11) is 0. The second-order valence-corrected chi connectivity index (χ2v) is 4.17. The first-order valence-electron chi connectivity index (χ1n) is 6.00.